The number of benzene rings is 3. The van der Waals surface area contributed by atoms with Crippen LogP contribution < -0.4 is 0 Å². The van der Waals surface area contributed by atoms with E-state index >= 15 is 0 Å². The van der Waals surface area contributed by atoms with E-state index in [1.54, 1.807) is 22.3 Å². The molecule has 0 spiro atoms. The van der Waals surface area contributed by atoms with Crippen molar-refractivity contribution in [2.75, 3.05) is 0 Å². The highest BCUT2D eigenvalue weighted by atomic mass is 14.4. The molecule has 0 N–H and O–H groups in total. The molecule has 19 heavy (non-hydrogen) atoms. The molecule has 5 rings (SSSR count). The summed E-state index contributed by atoms with van der Waals surface area (Å²) in [6, 6.07) is 22.6. The van der Waals surface area contributed by atoms with Gasteiger partial charge in [-0.2, -0.15) is 0 Å². The van der Waals surface area contributed by atoms with Gasteiger partial charge in [-0.15, -0.1) is 0 Å². The van der Waals surface area contributed by atoms with E-state index in [2.05, 4.69) is 60.7 Å². The number of rotatable bonds is 0. The summed E-state index contributed by atoms with van der Waals surface area (Å²) < 4.78 is 0. The SMILES string of the molecule is c1ccc2c(c1)C1CC2c2cc3ccccc3cc21. The largest absolute Gasteiger partial charge is 0.0620 e. The van der Waals surface area contributed by atoms with Crippen molar-refractivity contribution in [3.63, 3.8) is 0 Å². The van der Waals surface area contributed by atoms with Gasteiger partial charge in [0.05, 0.1) is 0 Å². The van der Waals surface area contributed by atoms with Crippen LogP contribution in [0.15, 0.2) is 60.7 Å². The fourth-order valence-corrected chi connectivity index (χ4v) is 4.10. The van der Waals surface area contributed by atoms with Gasteiger partial charge < -0.3 is 0 Å². The lowest BCUT2D eigenvalue weighted by atomic mass is 9.85. The fourth-order valence-electron chi connectivity index (χ4n) is 4.10. The Bertz CT molecular complexity index is 746. The van der Waals surface area contributed by atoms with Gasteiger partial charge in [-0.05, 0) is 39.4 Å². The van der Waals surface area contributed by atoms with Crippen LogP contribution in [0.3, 0.4) is 0 Å². The van der Waals surface area contributed by atoms with Gasteiger partial charge in [-0.1, -0.05) is 60.7 Å². The highest BCUT2D eigenvalue weighted by molar-refractivity contribution is 5.85. The summed E-state index contributed by atoms with van der Waals surface area (Å²) in [6.07, 6.45) is 1.28. The van der Waals surface area contributed by atoms with E-state index in [-0.39, 0.29) is 0 Å². The molecule has 0 aromatic heterocycles. The zero-order valence-corrected chi connectivity index (χ0v) is 10.6. The van der Waals surface area contributed by atoms with E-state index in [1.807, 2.05) is 0 Å². The van der Waals surface area contributed by atoms with Gasteiger partial charge >= 0.3 is 0 Å². The normalized spacial score (nSPS) is 22.5. The van der Waals surface area contributed by atoms with Crippen LogP contribution in [0.4, 0.5) is 0 Å². The van der Waals surface area contributed by atoms with Crippen LogP contribution in [0.25, 0.3) is 10.8 Å². The topological polar surface area (TPSA) is 0 Å². The monoisotopic (exact) mass is 242 g/mol. The maximum Gasteiger partial charge on any atom is 0.0104 e. The molecule has 2 unspecified atom stereocenters. The minimum atomic E-state index is 0.640. The second kappa shape index (κ2) is 3.27. The van der Waals surface area contributed by atoms with Crippen molar-refractivity contribution in [3.8, 4) is 0 Å². The molecule has 2 atom stereocenters. The summed E-state index contributed by atoms with van der Waals surface area (Å²) in [5.74, 6) is 1.28. The van der Waals surface area contributed by atoms with Crippen molar-refractivity contribution in [1.82, 2.24) is 0 Å². The Morgan fingerprint density at radius 2 is 1.05 bits per heavy atom. The Morgan fingerprint density at radius 1 is 0.579 bits per heavy atom. The second-order valence-electron chi connectivity index (χ2n) is 5.80. The third-order valence-corrected chi connectivity index (χ3v) is 4.92. The smallest absolute Gasteiger partial charge is 0.0104 e. The van der Waals surface area contributed by atoms with Gasteiger partial charge in [0.1, 0.15) is 0 Å². The molecule has 2 aliphatic carbocycles. The number of hydrogen-bond acceptors (Lipinski definition) is 0. The first-order valence-electron chi connectivity index (χ1n) is 7.03. The third-order valence-electron chi connectivity index (χ3n) is 4.92. The van der Waals surface area contributed by atoms with Gasteiger partial charge in [-0.25, -0.2) is 0 Å². The zero-order valence-electron chi connectivity index (χ0n) is 10.6. The predicted octanol–water partition coefficient (Wildman–Crippen LogP) is 4.82. The van der Waals surface area contributed by atoms with Gasteiger partial charge in [0, 0.05) is 11.8 Å². The van der Waals surface area contributed by atoms with Crippen molar-refractivity contribution in [3.05, 3.63) is 82.9 Å². The van der Waals surface area contributed by atoms with Crippen LogP contribution in [0.1, 0.15) is 40.5 Å². The van der Waals surface area contributed by atoms with Gasteiger partial charge in [0.25, 0.3) is 0 Å². The minimum Gasteiger partial charge on any atom is -0.0620 e. The standard InChI is InChI=1S/C19H14/c1-2-6-13-10-17-16(9-12(13)5-1)18-11-19(17)15-8-4-3-7-14(15)18/h1-10,18-19H,11H2. The van der Waals surface area contributed by atoms with Crippen LogP contribution in [-0.4, -0.2) is 0 Å². The molecule has 0 fully saturated rings. The van der Waals surface area contributed by atoms with Crippen molar-refractivity contribution in [2.45, 2.75) is 18.3 Å². The Balaban J connectivity index is 1.83. The van der Waals surface area contributed by atoms with E-state index in [1.165, 1.54) is 17.2 Å². The average molecular weight is 242 g/mol. The fraction of sp³-hybridized carbons (Fsp3) is 0.158. The molecule has 0 heterocycles. The minimum absolute atomic E-state index is 0.640. The van der Waals surface area contributed by atoms with Crippen molar-refractivity contribution in [1.29, 1.82) is 0 Å². The molecule has 0 heteroatoms. The second-order valence-corrected chi connectivity index (χ2v) is 5.80. The Morgan fingerprint density at radius 3 is 1.58 bits per heavy atom. The van der Waals surface area contributed by atoms with E-state index in [4.69, 9.17) is 0 Å². The van der Waals surface area contributed by atoms with E-state index in [9.17, 15) is 0 Å². The number of fused-ring (bicyclic) bond motifs is 9. The average Bonchev–Trinajstić information content (AvgIpc) is 3.02. The first-order valence-corrected chi connectivity index (χ1v) is 7.03. The highest BCUT2D eigenvalue weighted by Crippen LogP contribution is 2.56. The van der Waals surface area contributed by atoms with E-state index in [0.29, 0.717) is 11.8 Å². The van der Waals surface area contributed by atoms with Crippen molar-refractivity contribution < 1.29 is 0 Å². The molecule has 0 saturated carbocycles. The molecule has 2 aliphatic rings. The third kappa shape index (κ3) is 1.14. The molecule has 3 aromatic rings. The van der Waals surface area contributed by atoms with E-state index < -0.39 is 0 Å². The molecule has 3 aromatic carbocycles. The summed E-state index contributed by atoms with van der Waals surface area (Å²) in [5, 5.41) is 2.76. The number of hydrogen-bond donors (Lipinski definition) is 0. The first kappa shape index (κ1) is 9.80. The van der Waals surface area contributed by atoms with Crippen molar-refractivity contribution >= 4 is 10.8 Å². The summed E-state index contributed by atoms with van der Waals surface area (Å²) in [5.41, 5.74) is 6.27. The van der Waals surface area contributed by atoms with Crippen LogP contribution in [0, 0.1) is 0 Å². The van der Waals surface area contributed by atoms with Gasteiger partial charge in [0.2, 0.25) is 0 Å². The van der Waals surface area contributed by atoms with Crippen LogP contribution in [-0.2, 0) is 0 Å². The van der Waals surface area contributed by atoms with Crippen LogP contribution in [0.5, 0.6) is 0 Å². The molecule has 0 nitrogen and oxygen atoms in total. The van der Waals surface area contributed by atoms with Crippen molar-refractivity contribution in [2.24, 2.45) is 0 Å². The molecule has 0 amide bonds. The summed E-state index contributed by atoms with van der Waals surface area (Å²) in [4.78, 5) is 0. The quantitative estimate of drug-likeness (QED) is 0.530. The maximum absolute atomic E-state index is 2.42. The summed E-state index contributed by atoms with van der Waals surface area (Å²) in [7, 11) is 0. The predicted molar refractivity (Wildman–Crippen MR) is 78.7 cm³/mol. The molecule has 90 valence electrons. The Labute approximate surface area is 112 Å². The summed E-state index contributed by atoms with van der Waals surface area (Å²) in [6.45, 7) is 0. The molecule has 0 aliphatic heterocycles. The molecule has 0 radical (unpaired) electrons. The van der Waals surface area contributed by atoms with Gasteiger partial charge in [0.15, 0.2) is 0 Å². The van der Waals surface area contributed by atoms with E-state index in [0.717, 1.165) is 0 Å². The molecule has 0 saturated heterocycles. The van der Waals surface area contributed by atoms with Crippen LogP contribution in [0.2, 0.25) is 0 Å². The molecular formula is C19H14. The lowest BCUT2D eigenvalue weighted by Gasteiger charge is -2.19. The highest BCUT2D eigenvalue weighted by Gasteiger charge is 2.40. The Hall–Kier alpha value is -2.08. The first-order chi connectivity index (χ1) is 9.42. The van der Waals surface area contributed by atoms with Gasteiger partial charge in [-0.3, -0.25) is 0 Å². The lowest BCUT2D eigenvalue weighted by Crippen LogP contribution is -2.02. The zero-order chi connectivity index (χ0) is 12.4. The lowest BCUT2D eigenvalue weighted by molar-refractivity contribution is 0.796. The summed E-state index contributed by atoms with van der Waals surface area (Å²) >= 11 is 0. The Kier molecular flexibility index (Phi) is 1.69. The van der Waals surface area contributed by atoms with Crippen LogP contribution >= 0.6 is 0 Å². The molecule has 2 bridgehead atoms. The molecular weight excluding hydrogens is 228 g/mol. The maximum atomic E-state index is 2.42.